The molecule has 9 heteroatoms. The van der Waals surface area contributed by atoms with Gasteiger partial charge in [0.15, 0.2) is 0 Å². The summed E-state index contributed by atoms with van der Waals surface area (Å²) in [6.45, 7) is 1.77. The summed E-state index contributed by atoms with van der Waals surface area (Å²) in [4.78, 5) is 39.8. The van der Waals surface area contributed by atoms with Crippen molar-refractivity contribution < 1.29 is 9.59 Å². The highest BCUT2D eigenvalue weighted by Gasteiger charge is 2.59. The molecule has 1 aromatic heterocycles. The van der Waals surface area contributed by atoms with E-state index in [2.05, 4.69) is 5.32 Å². The minimum Gasteiger partial charge on any atom is -0.323 e. The lowest BCUT2D eigenvalue weighted by Gasteiger charge is -2.31. The lowest BCUT2D eigenvalue weighted by atomic mass is 10.0. The van der Waals surface area contributed by atoms with E-state index in [1.54, 1.807) is 36.9 Å². The molecular formula is C21H17ClN4O3S. The molecule has 1 fully saturated rings. The van der Waals surface area contributed by atoms with Crippen LogP contribution in [0.3, 0.4) is 0 Å². The van der Waals surface area contributed by atoms with E-state index in [1.165, 1.54) is 21.3 Å². The van der Waals surface area contributed by atoms with Crippen LogP contribution in [-0.2, 0) is 21.5 Å². The third kappa shape index (κ3) is 2.37. The van der Waals surface area contributed by atoms with Crippen LogP contribution in [-0.4, -0.2) is 26.9 Å². The monoisotopic (exact) mass is 440 g/mol. The van der Waals surface area contributed by atoms with Gasteiger partial charge < -0.3 is 5.32 Å². The second kappa shape index (κ2) is 6.52. The molecule has 1 spiro atoms. The van der Waals surface area contributed by atoms with Crippen LogP contribution in [0.1, 0.15) is 11.3 Å². The Bertz CT molecular complexity index is 1280. The lowest BCUT2D eigenvalue weighted by molar-refractivity contribution is -0.122. The van der Waals surface area contributed by atoms with Gasteiger partial charge in [-0.3, -0.25) is 24.0 Å². The molecule has 7 nitrogen and oxygen atoms in total. The number of nitrogens with zero attached hydrogens (tertiary/aromatic N) is 3. The fourth-order valence-corrected chi connectivity index (χ4v) is 5.63. The van der Waals surface area contributed by atoms with E-state index in [-0.39, 0.29) is 28.8 Å². The Morgan fingerprint density at radius 2 is 1.83 bits per heavy atom. The second-order valence-electron chi connectivity index (χ2n) is 7.22. The SMILES string of the molecule is Cc1c(N2C(=O)CSC23C(=O)Nc2ccc(Cl)cc23)c(=O)n(-c2ccccc2)n1C. The summed E-state index contributed by atoms with van der Waals surface area (Å²) in [7, 11) is 1.76. The highest BCUT2D eigenvalue weighted by Crippen LogP contribution is 2.54. The van der Waals surface area contributed by atoms with Gasteiger partial charge in [0.05, 0.1) is 17.1 Å². The summed E-state index contributed by atoms with van der Waals surface area (Å²) in [6, 6.07) is 14.3. The Hall–Kier alpha value is -2.97. The first kappa shape index (κ1) is 19.0. The molecule has 0 aliphatic carbocycles. The molecule has 30 heavy (non-hydrogen) atoms. The largest absolute Gasteiger partial charge is 0.323 e. The number of rotatable bonds is 2. The first-order valence-electron chi connectivity index (χ1n) is 9.29. The lowest BCUT2D eigenvalue weighted by Crippen LogP contribution is -2.49. The number of benzene rings is 2. The van der Waals surface area contributed by atoms with E-state index in [0.717, 1.165) is 0 Å². The van der Waals surface area contributed by atoms with Crippen LogP contribution in [0.5, 0.6) is 0 Å². The minimum absolute atomic E-state index is 0.0818. The number of carbonyl (C=O) groups is 2. The molecule has 2 aliphatic rings. The predicted octanol–water partition coefficient (Wildman–Crippen LogP) is 3.02. The zero-order valence-corrected chi connectivity index (χ0v) is 17.8. The van der Waals surface area contributed by atoms with Crippen LogP contribution >= 0.6 is 23.4 Å². The molecule has 152 valence electrons. The molecule has 2 amide bonds. The molecule has 1 saturated heterocycles. The number of amides is 2. The van der Waals surface area contributed by atoms with Crippen molar-refractivity contribution in [2.45, 2.75) is 11.8 Å². The van der Waals surface area contributed by atoms with Gasteiger partial charge in [0.2, 0.25) is 10.8 Å². The average molecular weight is 441 g/mol. The topological polar surface area (TPSA) is 76.3 Å². The van der Waals surface area contributed by atoms with Crippen molar-refractivity contribution >= 4 is 46.6 Å². The van der Waals surface area contributed by atoms with Gasteiger partial charge in [-0.25, -0.2) is 4.68 Å². The Morgan fingerprint density at radius 3 is 2.57 bits per heavy atom. The summed E-state index contributed by atoms with van der Waals surface area (Å²) < 4.78 is 3.20. The smallest absolute Gasteiger partial charge is 0.295 e. The molecule has 2 aliphatic heterocycles. The van der Waals surface area contributed by atoms with E-state index < -0.39 is 4.87 Å². The van der Waals surface area contributed by atoms with Crippen molar-refractivity contribution in [1.29, 1.82) is 0 Å². The summed E-state index contributed by atoms with van der Waals surface area (Å²) in [5, 5.41) is 3.30. The van der Waals surface area contributed by atoms with E-state index in [4.69, 9.17) is 11.6 Å². The third-order valence-corrected chi connectivity index (χ3v) is 7.25. The van der Waals surface area contributed by atoms with Crippen molar-refractivity contribution in [3.63, 3.8) is 0 Å². The number of carbonyl (C=O) groups excluding carboxylic acids is 2. The van der Waals surface area contributed by atoms with Crippen LogP contribution in [0.25, 0.3) is 5.69 Å². The molecule has 3 aromatic rings. The summed E-state index contributed by atoms with van der Waals surface area (Å²) in [6.07, 6.45) is 0. The van der Waals surface area contributed by atoms with Gasteiger partial charge in [-0.2, -0.15) is 0 Å². The zero-order valence-electron chi connectivity index (χ0n) is 16.2. The fraction of sp³-hybridized carbons (Fsp3) is 0.190. The molecule has 0 bridgehead atoms. The maximum atomic E-state index is 13.6. The minimum atomic E-state index is -1.36. The fourth-order valence-electron chi connectivity index (χ4n) is 4.17. The molecule has 1 unspecified atom stereocenters. The number of anilines is 2. The van der Waals surface area contributed by atoms with Crippen LogP contribution in [0, 0.1) is 6.92 Å². The molecular weight excluding hydrogens is 424 g/mol. The normalized spacial score (nSPS) is 20.2. The van der Waals surface area contributed by atoms with Crippen LogP contribution in [0.15, 0.2) is 53.3 Å². The van der Waals surface area contributed by atoms with Gasteiger partial charge >= 0.3 is 0 Å². The van der Waals surface area contributed by atoms with E-state index in [9.17, 15) is 14.4 Å². The molecule has 5 rings (SSSR count). The summed E-state index contributed by atoms with van der Waals surface area (Å²) in [5.41, 5.74) is 2.27. The molecule has 0 saturated carbocycles. The maximum Gasteiger partial charge on any atom is 0.295 e. The molecule has 1 N–H and O–H groups in total. The van der Waals surface area contributed by atoms with Gasteiger partial charge in [-0.05, 0) is 37.3 Å². The van der Waals surface area contributed by atoms with E-state index in [1.807, 2.05) is 30.3 Å². The Kier molecular flexibility index (Phi) is 4.13. The molecule has 3 heterocycles. The summed E-state index contributed by atoms with van der Waals surface area (Å²) in [5.74, 6) is -0.572. The number of halogens is 1. The number of aromatic nitrogens is 2. The van der Waals surface area contributed by atoms with Gasteiger partial charge in [-0.1, -0.05) is 29.8 Å². The highest BCUT2D eigenvalue weighted by atomic mass is 35.5. The molecule has 0 radical (unpaired) electrons. The van der Waals surface area contributed by atoms with Crippen molar-refractivity contribution in [1.82, 2.24) is 9.36 Å². The number of hydrogen-bond donors (Lipinski definition) is 1. The predicted molar refractivity (Wildman–Crippen MR) is 117 cm³/mol. The van der Waals surface area contributed by atoms with Crippen molar-refractivity contribution in [3.05, 3.63) is 75.2 Å². The number of fused-ring (bicyclic) bond motifs is 2. The molecule has 1 atom stereocenters. The van der Waals surface area contributed by atoms with E-state index in [0.29, 0.717) is 27.7 Å². The molecule has 2 aromatic carbocycles. The van der Waals surface area contributed by atoms with Gasteiger partial charge in [0.25, 0.3) is 11.5 Å². The third-order valence-electron chi connectivity index (χ3n) is 5.62. The number of para-hydroxylation sites is 1. The summed E-state index contributed by atoms with van der Waals surface area (Å²) >= 11 is 7.41. The van der Waals surface area contributed by atoms with Crippen molar-refractivity contribution in [3.8, 4) is 5.69 Å². The van der Waals surface area contributed by atoms with Gasteiger partial charge in [-0.15, -0.1) is 11.8 Å². The average Bonchev–Trinajstić information content (AvgIpc) is 3.29. The quantitative estimate of drug-likeness (QED) is 0.664. The van der Waals surface area contributed by atoms with Crippen molar-refractivity contribution in [2.75, 3.05) is 16.0 Å². The Labute approximate surface area is 181 Å². The van der Waals surface area contributed by atoms with Gasteiger partial charge in [0, 0.05) is 23.3 Å². The van der Waals surface area contributed by atoms with Crippen LogP contribution < -0.4 is 15.8 Å². The highest BCUT2D eigenvalue weighted by molar-refractivity contribution is 8.02. The van der Waals surface area contributed by atoms with E-state index >= 15 is 0 Å². The van der Waals surface area contributed by atoms with Crippen LogP contribution in [0.2, 0.25) is 5.02 Å². The van der Waals surface area contributed by atoms with Crippen LogP contribution in [0.4, 0.5) is 11.4 Å². The number of thioether (sulfide) groups is 1. The Balaban J connectivity index is 1.78. The van der Waals surface area contributed by atoms with Crippen molar-refractivity contribution in [2.24, 2.45) is 7.05 Å². The standard InChI is InChI=1S/C21H17ClN4O3S/c1-12-18(19(28)26(24(12)2)14-6-4-3-5-7-14)25-17(27)11-30-21(25)15-10-13(22)8-9-16(15)23-20(21)29/h3-10H,11H2,1-2H3,(H,23,29). The number of nitrogens with one attached hydrogen (secondary N) is 1. The second-order valence-corrected chi connectivity index (χ2v) is 8.82. The maximum absolute atomic E-state index is 13.6. The van der Waals surface area contributed by atoms with Gasteiger partial charge in [0.1, 0.15) is 5.69 Å². The first-order valence-corrected chi connectivity index (χ1v) is 10.6. The number of hydrogen-bond acceptors (Lipinski definition) is 4. The first-order chi connectivity index (χ1) is 14.4. The zero-order chi connectivity index (χ0) is 21.2. The Morgan fingerprint density at radius 1 is 1.10 bits per heavy atom.